The molecular formula is C18H23FN4O. The second-order valence-corrected chi connectivity index (χ2v) is 5.26. The van der Waals surface area contributed by atoms with Crippen LogP contribution in [0, 0.1) is 12.7 Å². The van der Waals surface area contributed by atoms with Gasteiger partial charge in [-0.25, -0.2) is 9.37 Å². The van der Waals surface area contributed by atoms with Crippen LogP contribution in [0.1, 0.15) is 23.6 Å². The summed E-state index contributed by atoms with van der Waals surface area (Å²) in [6.45, 7) is 5.36. The zero-order valence-electron chi connectivity index (χ0n) is 14.3. The molecule has 2 N–H and O–H groups in total. The van der Waals surface area contributed by atoms with Crippen LogP contribution >= 0.6 is 0 Å². The van der Waals surface area contributed by atoms with Gasteiger partial charge in [0.2, 0.25) is 5.88 Å². The molecule has 0 saturated carbocycles. The van der Waals surface area contributed by atoms with Crippen molar-refractivity contribution in [2.75, 3.05) is 13.7 Å². The summed E-state index contributed by atoms with van der Waals surface area (Å²) < 4.78 is 18.8. The van der Waals surface area contributed by atoms with Crippen LogP contribution in [-0.2, 0) is 13.1 Å². The van der Waals surface area contributed by atoms with Gasteiger partial charge in [0, 0.05) is 31.9 Å². The van der Waals surface area contributed by atoms with E-state index < -0.39 is 0 Å². The lowest BCUT2D eigenvalue weighted by Gasteiger charge is -2.14. The molecule has 1 heterocycles. The van der Waals surface area contributed by atoms with Gasteiger partial charge in [0.15, 0.2) is 5.96 Å². The van der Waals surface area contributed by atoms with Crippen LogP contribution < -0.4 is 15.4 Å². The summed E-state index contributed by atoms with van der Waals surface area (Å²) >= 11 is 0. The van der Waals surface area contributed by atoms with Gasteiger partial charge in [0.05, 0.1) is 6.61 Å². The third kappa shape index (κ3) is 4.94. The Morgan fingerprint density at radius 2 is 2.04 bits per heavy atom. The molecule has 0 aliphatic heterocycles. The van der Waals surface area contributed by atoms with Crippen molar-refractivity contribution in [2.45, 2.75) is 26.9 Å². The molecular weight excluding hydrogens is 307 g/mol. The van der Waals surface area contributed by atoms with Crippen molar-refractivity contribution in [3.05, 3.63) is 59.0 Å². The first-order valence-electron chi connectivity index (χ1n) is 7.90. The number of pyridine rings is 1. The third-order valence-corrected chi connectivity index (χ3v) is 3.48. The number of ether oxygens (including phenoxy) is 1. The summed E-state index contributed by atoms with van der Waals surface area (Å²) in [4.78, 5) is 8.42. The number of hydrogen-bond donors (Lipinski definition) is 2. The molecule has 0 atom stereocenters. The maximum absolute atomic E-state index is 13.3. The average Bonchev–Trinajstić information content (AvgIpc) is 2.59. The van der Waals surface area contributed by atoms with Gasteiger partial charge in [-0.3, -0.25) is 4.99 Å². The molecule has 0 saturated heterocycles. The van der Waals surface area contributed by atoms with Crippen molar-refractivity contribution < 1.29 is 9.13 Å². The number of aromatic nitrogens is 1. The molecule has 5 nitrogen and oxygen atoms in total. The zero-order chi connectivity index (χ0) is 17.4. The Hall–Kier alpha value is -2.63. The monoisotopic (exact) mass is 330 g/mol. The van der Waals surface area contributed by atoms with Crippen molar-refractivity contribution in [3.8, 4) is 5.88 Å². The summed E-state index contributed by atoms with van der Waals surface area (Å²) in [5.74, 6) is 1.08. The van der Waals surface area contributed by atoms with Crippen LogP contribution in [0.15, 0.2) is 41.5 Å². The zero-order valence-corrected chi connectivity index (χ0v) is 14.3. The second kappa shape index (κ2) is 8.86. The van der Waals surface area contributed by atoms with Gasteiger partial charge in [-0.2, -0.15) is 0 Å². The van der Waals surface area contributed by atoms with E-state index in [1.54, 1.807) is 26.2 Å². The second-order valence-electron chi connectivity index (χ2n) is 5.26. The van der Waals surface area contributed by atoms with Gasteiger partial charge in [-0.1, -0.05) is 18.2 Å². The minimum atomic E-state index is -0.193. The van der Waals surface area contributed by atoms with E-state index in [1.807, 2.05) is 25.1 Å². The SMILES string of the molecule is CCOc1ncccc1CNC(=NC)NCc1ccc(F)c(C)c1. The predicted molar refractivity (Wildman–Crippen MR) is 93.6 cm³/mol. The van der Waals surface area contributed by atoms with E-state index in [0.717, 1.165) is 11.1 Å². The molecule has 1 aromatic heterocycles. The van der Waals surface area contributed by atoms with Crippen LogP contribution in [0.3, 0.4) is 0 Å². The van der Waals surface area contributed by atoms with E-state index >= 15 is 0 Å². The Bertz CT molecular complexity index is 703. The number of nitrogens with one attached hydrogen (secondary N) is 2. The van der Waals surface area contributed by atoms with E-state index in [9.17, 15) is 4.39 Å². The van der Waals surface area contributed by atoms with Crippen LogP contribution in [0.2, 0.25) is 0 Å². The highest BCUT2D eigenvalue weighted by molar-refractivity contribution is 5.79. The maximum Gasteiger partial charge on any atom is 0.218 e. The van der Waals surface area contributed by atoms with E-state index in [4.69, 9.17) is 4.74 Å². The third-order valence-electron chi connectivity index (χ3n) is 3.48. The lowest BCUT2D eigenvalue weighted by atomic mass is 10.1. The Kier molecular flexibility index (Phi) is 6.54. The Labute approximate surface area is 142 Å². The summed E-state index contributed by atoms with van der Waals surface area (Å²) in [7, 11) is 1.71. The number of aryl methyl sites for hydroxylation is 1. The van der Waals surface area contributed by atoms with Crippen molar-refractivity contribution in [2.24, 2.45) is 4.99 Å². The number of guanidine groups is 1. The van der Waals surface area contributed by atoms with Gasteiger partial charge in [0.1, 0.15) is 5.82 Å². The van der Waals surface area contributed by atoms with E-state index in [1.165, 1.54) is 6.07 Å². The topological polar surface area (TPSA) is 58.5 Å². The van der Waals surface area contributed by atoms with Crippen LogP contribution in [0.5, 0.6) is 5.88 Å². The smallest absolute Gasteiger partial charge is 0.218 e. The number of benzene rings is 1. The highest BCUT2D eigenvalue weighted by Crippen LogP contribution is 2.13. The Morgan fingerprint density at radius 3 is 2.75 bits per heavy atom. The highest BCUT2D eigenvalue weighted by atomic mass is 19.1. The standard InChI is InChI=1S/C18H23FN4O/c1-4-24-17-15(6-5-9-21-17)12-23-18(20-3)22-11-14-7-8-16(19)13(2)10-14/h5-10H,4,11-12H2,1-3H3,(H2,20,22,23). The van der Waals surface area contributed by atoms with Gasteiger partial charge >= 0.3 is 0 Å². The van der Waals surface area contributed by atoms with Crippen molar-refractivity contribution >= 4 is 5.96 Å². The van der Waals surface area contributed by atoms with Crippen molar-refractivity contribution in [3.63, 3.8) is 0 Å². The molecule has 6 heteroatoms. The largest absolute Gasteiger partial charge is 0.478 e. The molecule has 2 rings (SSSR count). The molecule has 0 aliphatic rings. The number of aliphatic imine (C=N–C) groups is 1. The molecule has 0 radical (unpaired) electrons. The molecule has 128 valence electrons. The van der Waals surface area contributed by atoms with Gasteiger partial charge in [-0.05, 0) is 37.1 Å². The molecule has 0 aliphatic carbocycles. The minimum Gasteiger partial charge on any atom is -0.478 e. The molecule has 24 heavy (non-hydrogen) atoms. The molecule has 0 spiro atoms. The molecule has 0 fully saturated rings. The van der Waals surface area contributed by atoms with Crippen LogP contribution in [-0.4, -0.2) is 24.6 Å². The van der Waals surface area contributed by atoms with Crippen LogP contribution in [0.25, 0.3) is 0 Å². The molecule has 0 unspecified atom stereocenters. The summed E-state index contributed by atoms with van der Waals surface area (Å²) in [6, 6.07) is 8.89. The van der Waals surface area contributed by atoms with Gasteiger partial charge in [-0.15, -0.1) is 0 Å². The van der Waals surface area contributed by atoms with Crippen LogP contribution in [0.4, 0.5) is 4.39 Å². The van der Waals surface area contributed by atoms with Gasteiger partial charge in [0.25, 0.3) is 0 Å². The fourth-order valence-electron chi connectivity index (χ4n) is 2.23. The summed E-state index contributed by atoms with van der Waals surface area (Å²) in [6.07, 6.45) is 1.71. The quantitative estimate of drug-likeness (QED) is 0.632. The van der Waals surface area contributed by atoms with E-state index in [2.05, 4.69) is 20.6 Å². The first-order chi connectivity index (χ1) is 11.6. The van der Waals surface area contributed by atoms with Crippen molar-refractivity contribution in [1.82, 2.24) is 15.6 Å². The summed E-state index contributed by atoms with van der Waals surface area (Å²) in [5.41, 5.74) is 2.59. The van der Waals surface area contributed by atoms with E-state index in [-0.39, 0.29) is 5.82 Å². The van der Waals surface area contributed by atoms with E-state index in [0.29, 0.717) is 37.1 Å². The lowest BCUT2D eigenvalue weighted by molar-refractivity contribution is 0.322. The first-order valence-corrected chi connectivity index (χ1v) is 7.90. The first kappa shape index (κ1) is 17.7. The highest BCUT2D eigenvalue weighted by Gasteiger charge is 2.06. The Morgan fingerprint density at radius 1 is 1.25 bits per heavy atom. The molecule has 1 aromatic carbocycles. The molecule has 0 amide bonds. The minimum absolute atomic E-state index is 0.193. The van der Waals surface area contributed by atoms with Crippen molar-refractivity contribution in [1.29, 1.82) is 0 Å². The number of rotatable bonds is 6. The lowest BCUT2D eigenvalue weighted by Crippen LogP contribution is -2.36. The number of halogens is 1. The molecule has 0 bridgehead atoms. The number of hydrogen-bond acceptors (Lipinski definition) is 3. The maximum atomic E-state index is 13.3. The normalized spacial score (nSPS) is 11.2. The fraction of sp³-hybridized carbons (Fsp3) is 0.333. The van der Waals surface area contributed by atoms with Gasteiger partial charge < -0.3 is 15.4 Å². The average molecular weight is 330 g/mol. The fourth-order valence-corrected chi connectivity index (χ4v) is 2.23. The Balaban J connectivity index is 1.92. The number of nitrogens with zero attached hydrogens (tertiary/aromatic N) is 2. The summed E-state index contributed by atoms with van der Waals surface area (Å²) in [5, 5.41) is 6.43. The predicted octanol–water partition coefficient (Wildman–Crippen LogP) is 2.79. The molecule has 2 aromatic rings.